The van der Waals surface area contributed by atoms with Crippen molar-refractivity contribution in [3.63, 3.8) is 0 Å². The SMILES string of the molecule is CC(C)NCCOc1ccccc1S(=O)(=O)NC(C)C. The van der Waals surface area contributed by atoms with Gasteiger partial charge in [-0.2, -0.15) is 0 Å². The summed E-state index contributed by atoms with van der Waals surface area (Å²) < 4.78 is 32.5. The first-order valence-electron chi connectivity index (χ1n) is 6.80. The number of benzene rings is 1. The molecule has 0 heterocycles. The van der Waals surface area contributed by atoms with E-state index in [2.05, 4.69) is 10.0 Å². The highest BCUT2D eigenvalue weighted by Gasteiger charge is 2.19. The molecule has 1 aromatic rings. The van der Waals surface area contributed by atoms with E-state index in [4.69, 9.17) is 4.74 Å². The van der Waals surface area contributed by atoms with E-state index in [0.717, 1.165) is 0 Å². The van der Waals surface area contributed by atoms with Crippen molar-refractivity contribution in [1.82, 2.24) is 10.0 Å². The van der Waals surface area contributed by atoms with Crippen LogP contribution < -0.4 is 14.8 Å². The van der Waals surface area contributed by atoms with Gasteiger partial charge >= 0.3 is 0 Å². The van der Waals surface area contributed by atoms with Gasteiger partial charge in [-0.05, 0) is 26.0 Å². The van der Waals surface area contributed by atoms with Gasteiger partial charge in [0.15, 0.2) is 0 Å². The highest BCUT2D eigenvalue weighted by atomic mass is 32.2. The average Bonchev–Trinajstić information content (AvgIpc) is 2.33. The summed E-state index contributed by atoms with van der Waals surface area (Å²) in [5.41, 5.74) is 0. The summed E-state index contributed by atoms with van der Waals surface area (Å²) in [6.45, 7) is 8.76. The molecule has 0 aliphatic heterocycles. The fourth-order valence-corrected chi connectivity index (χ4v) is 3.07. The molecule has 1 aromatic carbocycles. The zero-order valence-electron chi connectivity index (χ0n) is 12.5. The van der Waals surface area contributed by atoms with E-state index >= 15 is 0 Å². The van der Waals surface area contributed by atoms with E-state index in [1.807, 2.05) is 13.8 Å². The highest BCUT2D eigenvalue weighted by molar-refractivity contribution is 7.89. The Balaban J connectivity index is 2.78. The van der Waals surface area contributed by atoms with Crippen LogP contribution in [0.5, 0.6) is 5.75 Å². The van der Waals surface area contributed by atoms with Gasteiger partial charge in [0.2, 0.25) is 10.0 Å². The Morgan fingerprint density at radius 2 is 1.75 bits per heavy atom. The van der Waals surface area contributed by atoms with Gasteiger partial charge < -0.3 is 10.1 Å². The number of hydrogen-bond acceptors (Lipinski definition) is 4. The Labute approximate surface area is 121 Å². The molecule has 0 spiro atoms. The van der Waals surface area contributed by atoms with Crippen molar-refractivity contribution < 1.29 is 13.2 Å². The molecule has 0 bridgehead atoms. The van der Waals surface area contributed by atoms with Crippen LogP contribution in [0.15, 0.2) is 29.2 Å². The summed E-state index contributed by atoms with van der Waals surface area (Å²) >= 11 is 0. The summed E-state index contributed by atoms with van der Waals surface area (Å²) in [5.74, 6) is 0.381. The van der Waals surface area contributed by atoms with Crippen LogP contribution in [0.4, 0.5) is 0 Å². The number of nitrogens with one attached hydrogen (secondary N) is 2. The second kappa shape index (κ2) is 7.61. The summed E-state index contributed by atoms with van der Waals surface area (Å²) in [6, 6.07) is 6.89. The van der Waals surface area contributed by atoms with Gasteiger partial charge in [-0.1, -0.05) is 26.0 Å². The van der Waals surface area contributed by atoms with E-state index in [-0.39, 0.29) is 10.9 Å². The molecule has 114 valence electrons. The van der Waals surface area contributed by atoms with Crippen LogP contribution >= 0.6 is 0 Å². The first kappa shape index (κ1) is 16.9. The second-order valence-corrected chi connectivity index (χ2v) is 6.86. The number of para-hydroxylation sites is 1. The Hall–Kier alpha value is -1.11. The number of sulfonamides is 1. The van der Waals surface area contributed by atoms with Crippen LogP contribution in [-0.4, -0.2) is 33.7 Å². The predicted octanol–water partition coefficient (Wildman–Crippen LogP) is 1.75. The van der Waals surface area contributed by atoms with E-state index < -0.39 is 10.0 Å². The van der Waals surface area contributed by atoms with Crippen LogP contribution in [0.2, 0.25) is 0 Å². The van der Waals surface area contributed by atoms with Gasteiger partial charge in [-0.15, -0.1) is 0 Å². The van der Waals surface area contributed by atoms with E-state index in [9.17, 15) is 8.42 Å². The molecule has 0 aliphatic rings. The summed E-state index contributed by atoms with van der Waals surface area (Å²) in [4.78, 5) is 0.179. The molecule has 0 aliphatic carbocycles. The standard InChI is InChI=1S/C14H24N2O3S/c1-11(2)15-9-10-19-13-7-5-6-8-14(13)20(17,18)16-12(3)4/h5-8,11-12,15-16H,9-10H2,1-4H3. The van der Waals surface area contributed by atoms with Crippen molar-refractivity contribution in [2.24, 2.45) is 0 Å². The van der Waals surface area contributed by atoms with Gasteiger partial charge in [0.25, 0.3) is 0 Å². The lowest BCUT2D eigenvalue weighted by Crippen LogP contribution is -2.31. The highest BCUT2D eigenvalue weighted by Crippen LogP contribution is 2.23. The maximum atomic E-state index is 12.2. The minimum atomic E-state index is -3.54. The fraction of sp³-hybridized carbons (Fsp3) is 0.571. The van der Waals surface area contributed by atoms with Crippen molar-refractivity contribution >= 4 is 10.0 Å². The quantitative estimate of drug-likeness (QED) is 0.718. The molecular formula is C14H24N2O3S. The molecule has 0 saturated heterocycles. The first-order valence-corrected chi connectivity index (χ1v) is 8.29. The van der Waals surface area contributed by atoms with Gasteiger partial charge in [0.05, 0.1) is 0 Å². The largest absolute Gasteiger partial charge is 0.491 e. The van der Waals surface area contributed by atoms with Crippen molar-refractivity contribution in [2.45, 2.75) is 44.7 Å². The van der Waals surface area contributed by atoms with Gasteiger partial charge in [0.1, 0.15) is 17.3 Å². The second-order valence-electron chi connectivity index (χ2n) is 5.18. The Morgan fingerprint density at radius 1 is 1.10 bits per heavy atom. The van der Waals surface area contributed by atoms with Gasteiger partial charge in [-0.3, -0.25) is 0 Å². The average molecular weight is 300 g/mol. The molecule has 0 saturated carbocycles. The number of rotatable bonds is 8. The van der Waals surface area contributed by atoms with Crippen LogP contribution in [0.1, 0.15) is 27.7 Å². The van der Waals surface area contributed by atoms with Crippen molar-refractivity contribution in [1.29, 1.82) is 0 Å². The third kappa shape index (κ3) is 5.48. The normalized spacial score (nSPS) is 12.1. The van der Waals surface area contributed by atoms with Crippen molar-refractivity contribution in [3.05, 3.63) is 24.3 Å². The van der Waals surface area contributed by atoms with Crippen LogP contribution in [-0.2, 0) is 10.0 Å². The molecule has 0 fully saturated rings. The lowest BCUT2D eigenvalue weighted by atomic mass is 10.3. The monoisotopic (exact) mass is 300 g/mol. The molecular weight excluding hydrogens is 276 g/mol. The summed E-state index contributed by atoms with van der Waals surface area (Å²) in [7, 11) is -3.54. The maximum absolute atomic E-state index is 12.2. The van der Waals surface area contributed by atoms with Crippen molar-refractivity contribution in [2.75, 3.05) is 13.2 Å². The van der Waals surface area contributed by atoms with E-state index in [0.29, 0.717) is 24.9 Å². The molecule has 0 unspecified atom stereocenters. The van der Waals surface area contributed by atoms with E-state index in [1.165, 1.54) is 0 Å². The molecule has 2 N–H and O–H groups in total. The third-order valence-electron chi connectivity index (χ3n) is 2.44. The third-order valence-corrected chi connectivity index (χ3v) is 4.14. The van der Waals surface area contributed by atoms with Crippen molar-refractivity contribution in [3.8, 4) is 5.75 Å². The van der Waals surface area contributed by atoms with Crippen LogP contribution in [0, 0.1) is 0 Å². The molecule has 20 heavy (non-hydrogen) atoms. The maximum Gasteiger partial charge on any atom is 0.244 e. The minimum Gasteiger partial charge on any atom is -0.491 e. The van der Waals surface area contributed by atoms with Gasteiger partial charge in [0, 0.05) is 18.6 Å². The van der Waals surface area contributed by atoms with Crippen LogP contribution in [0.3, 0.4) is 0 Å². The summed E-state index contributed by atoms with van der Waals surface area (Å²) in [6.07, 6.45) is 0. The minimum absolute atomic E-state index is 0.157. The smallest absolute Gasteiger partial charge is 0.244 e. The molecule has 6 heteroatoms. The molecule has 5 nitrogen and oxygen atoms in total. The lowest BCUT2D eigenvalue weighted by Gasteiger charge is -2.15. The molecule has 0 atom stereocenters. The van der Waals surface area contributed by atoms with E-state index in [1.54, 1.807) is 38.1 Å². The number of ether oxygens (including phenoxy) is 1. The fourth-order valence-electron chi connectivity index (χ4n) is 1.67. The predicted molar refractivity (Wildman–Crippen MR) is 80.5 cm³/mol. The first-order chi connectivity index (χ1) is 9.33. The lowest BCUT2D eigenvalue weighted by molar-refractivity contribution is 0.301. The zero-order chi connectivity index (χ0) is 15.2. The van der Waals surface area contributed by atoms with Gasteiger partial charge in [-0.25, -0.2) is 13.1 Å². The summed E-state index contributed by atoms with van der Waals surface area (Å²) in [5, 5.41) is 3.22. The molecule has 0 radical (unpaired) electrons. The Bertz CT molecular complexity index is 513. The zero-order valence-corrected chi connectivity index (χ0v) is 13.3. The Morgan fingerprint density at radius 3 is 2.35 bits per heavy atom. The number of hydrogen-bond donors (Lipinski definition) is 2. The Kier molecular flexibility index (Phi) is 6.45. The molecule has 0 amide bonds. The van der Waals surface area contributed by atoms with Crippen LogP contribution in [0.25, 0.3) is 0 Å². The molecule has 0 aromatic heterocycles. The molecule has 1 rings (SSSR count). The topological polar surface area (TPSA) is 67.4 Å².